The first-order valence-electron chi connectivity index (χ1n) is 10.7. The zero-order valence-corrected chi connectivity index (χ0v) is 26.0. The first-order chi connectivity index (χ1) is 15.5. The summed E-state index contributed by atoms with van der Waals surface area (Å²) < 4.78 is 22.2. The minimum atomic E-state index is -0.654. The predicted octanol–water partition coefficient (Wildman–Crippen LogP) is 6.51. The molecule has 0 aromatic carbocycles. The van der Waals surface area contributed by atoms with Crippen molar-refractivity contribution in [1.29, 1.82) is 0 Å². The summed E-state index contributed by atoms with van der Waals surface area (Å²) in [4.78, 5) is 12.0. The van der Waals surface area contributed by atoms with Crippen LogP contribution in [0.15, 0.2) is 0 Å². The van der Waals surface area contributed by atoms with E-state index in [0.29, 0.717) is 38.7 Å². The number of hydrogen-bond acceptors (Lipinski definition) is 11. The Kier molecular flexibility index (Phi) is 25.8. The van der Waals surface area contributed by atoms with Crippen LogP contribution in [0.5, 0.6) is 0 Å². The molecule has 0 heterocycles. The molecule has 0 bridgehead atoms. The number of amides is 1. The largest absolute Gasteiger partial charge is 0.353 e. The van der Waals surface area contributed by atoms with E-state index in [-0.39, 0.29) is 18.5 Å². The molecule has 0 fully saturated rings. The smallest absolute Gasteiger partial charge is 0.318 e. The standard InChI is InChI=1S/C18H36NO5P2S6/c1-5-21-17(22-6-2)10-13-30-25(27)29-12-9-16(20)19-15-32-26(28)31-14-11-18(23-7-3)24-8-4/h17-18H,5-15H2,1-4H3/q+1/p+1. The summed E-state index contributed by atoms with van der Waals surface area (Å²) in [6.07, 6.45) is 1.84. The van der Waals surface area contributed by atoms with Gasteiger partial charge in [-0.2, -0.15) is 0 Å². The maximum atomic E-state index is 12.0. The molecule has 6 nitrogen and oxygen atoms in total. The van der Waals surface area contributed by atoms with Crippen molar-refractivity contribution < 1.29 is 23.7 Å². The zero-order chi connectivity index (χ0) is 24.0. The molecule has 0 aliphatic heterocycles. The van der Waals surface area contributed by atoms with Crippen molar-refractivity contribution >= 4 is 85.2 Å². The SMILES string of the molecule is CCOC(CCS[P+](=S)SCCC(=O)NCS[P+](=S)SCCC(OCC)OCC)OCC. The molecule has 0 radical (unpaired) electrons. The van der Waals surface area contributed by atoms with Crippen molar-refractivity contribution in [2.75, 3.05) is 49.6 Å². The average molecular weight is 602 g/mol. The molecule has 0 rings (SSSR count). The third kappa shape index (κ3) is 21.1. The first-order valence-corrected chi connectivity index (χ1v) is 21.7. The maximum absolute atomic E-state index is 12.0. The summed E-state index contributed by atoms with van der Waals surface area (Å²) in [7, 11) is 0. The second-order valence-electron chi connectivity index (χ2n) is 5.83. The summed E-state index contributed by atoms with van der Waals surface area (Å²) >= 11 is 17.8. The minimum absolute atomic E-state index is 0.0531. The highest BCUT2D eigenvalue weighted by Gasteiger charge is 2.19. The second kappa shape index (κ2) is 24.4. The fourth-order valence-electron chi connectivity index (χ4n) is 2.16. The molecule has 0 spiro atoms. The summed E-state index contributed by atoms with van der Waals surface area (Å²) in [5.41, 5.74) is 0. The molecule has 0 saturated heterocycles. The van der Waals surface area contributed by atoms with Crippen LogP contribution in [0.2, 0.25) is 0 Å². The van der Waals surface area contributed by atoms with E-state index in [0.717, 1.165) is 30.1 Å². The molecule has 188 valence electrons. The molecule has 2 atom stereocenters. The van der Waals surface area contributed by atoms with Gasteiger partial charge in [-0.1, -0.05) is 0 Å². The summed E-state index contributed by atoms with van der Waals surface area (Å²) in [5.74, 6) is 3.16. The van der Waals surface area contributed by atoms with Gasteiger partial charge in [0.1, 0.15) is 51.4 Å². The average Bonchev–Trinajstić information content (AvgIpc) is 2.74. The molecule has 1 amide bonds. The Hall–Kier alpha value is 1.75. The normalized spacial score (nSPS) is 12.4. The predicted molar refractivity (Wildman–Crippen MR) is 154 cm³/mol. The number of carbonyl (C=O) groups is 1. The Labute approximate surface area is 222 Å². The molecular formula is C18H37NO5P2S6+2. The van der Waals surface area contributed by atoms with Gasteiger partial charge in [0.25, 0.3) is 0 Å². The summed E-state index contributed by atoms with van der Waals surface area (Å²) in [5, 5.41) is 1.67. The number of nitrogens with one attached hydrogen (secondary N) is 1. The zero-order valence-electron chi connectivity index (χ0n) is 19.3. The van der Waals surface area contributed by atoms with E-state index in [2.05, 4.69) is 5.32 Å². The summed E-state index contributed by atoms with van der Waals surface area (Å²) in [6.45, 7) is 10.4. The molecular weight excluding hydrogens is 565 g/mol. The van der Waals surface area contributed by atoms with Crippen LogP contribution >= 0.6 is 55.7 Å². The van der Waals surface area contributed by atoms with Crippen molar-refractivity contribution in [3.8, 4) is 0 Å². The van der Waals surface area contributed by atoms with Gasteiger partial charge in [0.05, 0.1) is 0 Å². The van der Waals surface area contributed by atoms with Crippen LogP contribution in [0, 0.1) is 0 Å². The van der Waals surface area contributed by atoms with Crippen LogP contribution in [-0.4, -0.2) is 68.1 Å². The molecule has 14 heteroatoms. The monoisotopic (exact) mass is 601 g/mol. The molecule has 0 aliphatic rings. The van der Waals surface area contributed by atoms with Crippen molar-refractivity contribution in [2.24, 2.45) is 0 Å². The van der Waals surface area contributed by atoms with Crippen LogP contribution in [0.1, 0.15) is 47.0 Å². The van der Waals surface area contributed by atoms with E-state index >= 15 is 0 Å². The lowest BCUT2D eigenvalue weighted by molar-refractivity contribution is -0.136. The Balaban J connectivity index is 3.77. The van der Waals surface area contributed by atoms with Gasteiger partial charge < -0.3 is 24.3 Å². The van der Waals surface area contributed by atoms with Crippen molar-refractivity contribution in [3.63, 3.8) is 0 Å². The molecule has 32 heavy (non-hydrogen) atoms. The minimum Gasteiger partial charge on any atom is -0.353 e. The number of ether oxygens (including phenoxy) is 4. The van der Waals surface area contributed by atoms with Gasteiger partial charge in [0, 0.05) is 62.9 Å². The van der Waals surface area contributed by atoms with Crippen LogP contribution in [-0.2, 0) is 47.4 Å². The molecule has 0 saturated carbocycles. The number of rotatable bonds is 23. The lowest BCUT2D eigenvalue weighted by atomic mass is 10.5. The molecule has 0 aromatic rings. The van der Waals surface area contributed by atoms with E-state index in [1.165, 1.54) is 0 Å². The van der Waals surface area contributed by atoms with Gasteiger partial charge in [0.15, 0.2) is 36.2 Å². The van der Waals surface area contributed by atoms with Gasteiger partial charge in [-0.05, 0) is 27.7 Å². The number of hydrogen-bond donors (Lipinski definition) is 1. The van der Waals surface area contributed by atoms with E-state index in [1.807, 2.05) is 27.7 Å². The van der Waals surface area contributed by atoms with Gasteiger partial charge in [0.2, 0.25) is 5.91 Å². The van der Waals surface area contributed by atoms with E-state index in [4.69, 9.17) is 42.6 Å². The Morgan fingerprint density at radius 3 is 1.59 bits per heavy atom. The molecule has 0 aromatic heterocycles. The Bertz CT molecular complexity index is 470. The highest BCUT2D eigenvalue weighted by Crippen LogP contribution is 2.51. The van der Waals surface area contributed by atoms with Crippen LogP contribution < -0.4 is 5.32 Å². The maximum Gasteiger partial charge on any atom is 0.318 e. The quantitative estimate of drug-likeness (QED) is 0.103. The van der Waals surface area contributed by atoms with Crippen LogP contribution in [0.25, 0.3) is 0 Å². The lowest BCUT2D eigenvalue weighted by Crippen LogP contribution is -2.22. The molecule has 1 N–H and O–H groups in total. The van der Waals surface area contributed by atoms with Crippen LogP contribution in [0.3, 0.4) is 0 Å². The van der Waals surface area contributed by atoms with E-state index < -0.39 is 10.2 Å². The van der Waals surface area contributed by atoms with Crippen molar-refractivity contribution in [1.82, 2.24) is 5.32 Å². The molecule has 0 aliphatic carbocycles. The lowest BCUT2D eigenvalue weighted by Gasteiger charge is -2.15. The van der Waals surface area contributed by atoms with Gasteiger partial charge >= 0.3 is 10.2 Å². The fourth-order valence-corrected chi connectivity index (χ4v) is 13.5. The summed E-state index contributed by atoms with van der Waals surface area (Å²) in [6, 6.07) is 0. The number of carbonyl (C=O) groups excluding carboxylic acids is 1. The van der Waals surface area contributed by atoms with Crippen LogP contribution in [0.4, 0.5) is 0 Å². The van der Waals surface area contributed by atoms with Gasteiger partial charge in [-0.25, -0.2) is 0 Å². The third-order valence-corrected chi connectivity index (χ3v) is 18.0. The third-order valence-electron chi connectivity index (χ3n) is 3.48. The first kappa shape index (κ1) is 33.8. The van der Waals surface area contributed by atoms with E-state index in [1.54, 1.807) is 45.5 Å². The van der Waals surface area contributed by atoms with Gasteiger partial charge in [-0.15, -0.1) is 0 Å². The topological polar surface area (TPSA) is 66.0 Å². The highest BCUT2D eigenvalue weighted by molar-refractivity contribution is 8.94. The second-order valence-corrected chi connectivity index (χ2v) is 23.1. The fraction of sp³-hybridized carbons (Fsp3) is 0.944. The Morgan fingerprint density at radius 1 is 0.750 bits per heavy atom. The van der Waals surface area contributed by atoms with E-state index in [9.17, 15) is 4.79 Å². The van der Waals surface area contributed by atoms with Crippen molar-refractivity contribution in [2.45, 2.75) is 59.5 Å². The highest BCUT2D eigenvalue weighted by atomic mass is 33.2. The molecule has 2 unspecified atom stereocenters. The van der Waals surface area contributed by atoms with Gasteiger partial charge in [-0.3, -0.25) is 4.79 Å². The Morgan fingerprint density at radius 2 is 1.16 bits per heavy atom. The van der Waals surface area contributed by atoms with Crippen molar-refractivity contribution in [3.05, 3.63) is 0 Å².